The van der Waals surface area contributed by atoms with Crippen LogP contribution in [0.25, 0.3) is 0 Å². The molecular weight excluding hydrogens is 136 g/mol. The lowest BCUT2D eigenvalue weighted by Crippen LogP contribution is -2.09. The predicted octanol–water partition coefficient (Wildman–Crippen LogP) is 2.41. The molecule has 0 aromatic heterocycles. The molecule has 0 unspecified atom stereocenters. The largest absolute Gasteiger partial charge is 0.310 e. The summed E-state index contributed by atoms with van der Waals surface area (Å²) in [5, 5.41) is 4.09. The molecule has 0 spiro atoms. The van der Waals surface area contributed by atoms with Crippen LogP contribution in [-0.2, 0) is 0 Å². The Balaban J connectivity index is 3.09. The highest BCUT2D eigenvalue weighted by atomic mass is 15.3. The quantitative estimate of drug-likeness (QED) is 0.369. The van der Waals surface area contributed by atoms with Crippen molar-refractivity contribution in [1.29, 1.82) is 0 Å². The standard InChI is InChI=1S/C9H20N2/c1-8(2)6-5-7-10-11-9(3)4/h8,10H,5-7H2,1-4H3. The lowest BCUT2D eigenvalue weighted by molar-refractivity contribution is 0.534. The summed E-state index contributed by atoms with van der Waals surface area (Å²) in [5.41, 5.74) is 4.12. The topological polar surface area (TPSA) is 24.4 Å². The number of nitrogens with zero attached hydrogens (tertiary/aromatic N) is 1. The average Bonchev–Trinajstić information content (AvgIpc) is 1.85. The first-order valence-electron chi connectivity index (χ1n) is 4.36. The molecule has 0 saturated heterocycles. The fourth-order valence-corrected chi connectivity index (χ4v) is 0.803. The summed E-state index contributed by atoms with van der Waals surface area (Å²) in [6, 6.07) is 0. The fraction of sp³-hybridized carbons (Fsp3) is 0.889. The summed E-state index contributed by atoms with van der Waals surface area (Å²) in [6.07, 6.45) is 2.50. The summed E-state index contributed by atoms with van der Waals surface area (Å²) in [5.74, 6) is 0.809. The van der Waals surface area contributed by atoms with Gasteiger partial charge in [-0.2, -0.15) is 5.10 Å². The Labute approximate surface area is 70.1 Å². The molecule has 0 fully saturated rings. The SMILES string of the molecule is CC(C)=NNCCCC(C)C. The van der Waals surface area contributed by atoms with Gasteiger partial charge in [0.15, 0.2) is 0 Å². The van der Waals surface area contributed by atoms with E-state index in [1.807, 2.05) is 13.8 Å². The van der Waals surface area contributed by atoms with E-state index in [1.54, 1.807) is 0 Å². The molecular formula is C9H20N2. The molecule has 1 N–H and O–H groups in total. The minimum atomic E-state index is 0.809. The van der Waals surface area contributed by atoms with Crippen molar-refractivity contribution in [3.63, 3.8) is 0 Å². The lowest BCUT2D eigenvalue weighted by Gasteiger charge is -2.03. The van der Waals surface area contributed by atoms with Crippen molar-refractivity contribution in [3.8, 4) is 0 Å². The smallest absolute Gasteiger partial charge is 0.0329 e. The third-order valence-electron chi connectivity index (χ3n) is 1.37. The second kappa shape index (κ2) is 6.20. The zero-order valence-corrected chi connectivity index (χ0v) is 8.15. The molecule has 0 bridgehead atoms. The predicted molar refractivity (Wildman–Crippen MR) is 50.9 cm³/mol. The van der Waals surface area contributed by atoms with Crippen LogP contribution in [0.1, 0.15) is 40.5 Å². The van der Waals surface area contributed by atoms with Gasteiger partial charge in [-0.3, -0.25) is 0 Å². The minimum absolute atomic E-state index is 0.809. The van der Waals surface area contributed by atoms with E-state index < -0.39 is 0 Å². The second-order valence-corrected chi connectivity index (χ2v) is 3.50. The molecule has 2 heteroatoms. The van der Waals surface area contributed by atoms with Crippen molar-refractivity contribution in [2.45, 2.75) is 40.5 Å². The van der Waals surface area contributed by atoms with Gasteiger partial charge in [0.05, 0.1) is 0 Å². The van der Waals surface area contributed by atoms with Crippen LogP contribution < -0.4 is 5.43 Å². The Hall–Kier alpha value is -0.530. The maximum absolute atomic E-state index is 4.09. The second-order valence-electron chi connectivity index (χ2n) is 3.50. The van der Waals surface area contributed by atoms with Crippen LogP contribution in [0.3, 0.4) is 0 Å². The van der Waals surface area contributed by atoms with E-state index >= 15 is 0 Å². The summed E-state index contributed by atoms with van der Waals surface area (Å²) >= 11 is 0. The molecule has 0 rings (SSSR count). The number of hydrogen-bond donors (Lipinski definition) is 1. The van der Waals surface area contributed by atoms with Crippen LogP contribution >= 0.6 is 0 Å². The van der Waals surface area contributed by atoms with Gasteiger partial charge in [-0.1, -0.05) is 13.8 Å². The summed E-state index contributed by atoms with van der Waals surface area (Å²) in [4.78, 5) is 0. The molecule has 11 heavy (non-hydrogen) atoms. The summed E-state index contributed by atoms with van der Waals surface area (Å²) < 4.78 is 0. The molecule has 0 aromatic rings. The summed E-state index contributed by atoms with van der Waals surface area (Å²) in [6.45, 7) is 9.48. The van der Waals surface area contributed by atoms with E-state index in [-0.39, 0.29) is 0 Å². The van der Waals surface area contributed by atoms with E-state index in [1.165, 1.54) is 12.8 Å². The Morgan fingerprint density at radius 3 is 2.45 bits per heavy atom. The van der Waals surface area contributed by atoms with Gasteiger partial charge in [-0.05, 0) is 32.6 Å². The molecule has 0 heterocycles. The van der Waals surface area contributed by atoms with E-state index in [0.717, 1.165) is 18.2 Å². The Morgan fingerprint density at radius 2 is 2.00 bits per heavy atom. The third kappa shape index (κ3) is 9.47. The highest BCUT2D eigenvalue weighted by Gasteiger charge is 1.91. The average molecular weight is 156 g/mol. The van der Waals surface area contributed by atoms with Gasteiger partial charge in [-0.15, -0.1) is 0 Å². The number of rotatable bonds is 5. The van der Waals surface area contributed by atoms with E-state index in [0.29, 0.717) is 0 Å². The normalized spacial score (nSPS) is 9.91. The highest BCUT2D eigenvalue weighted by Crippen LogP contribution is 2.01. The van der Waals surface area contributed by atoms with Gasteiger partial charge in [0.1, 0.15) is 0 Å². The van der Waals surface area contributed by atoms with Gasteiger partial charge in [-0.25, -0.2) is 0 Å². The van der Waals surface area contributed by atoms with Gasteiger partial charge in [0, 0.05) is 12.3 Å². The van der Waals surface area contributed by atoms with Crippen molar-refractivity contribution in [2.75, 3.05) is 6.54 Å². The number of nitrogens with one attached hydrogen (secondary N) is 1. The first-order valence-corrected chi connectivity index (χ1v) is 4.36. The maximum atomic E-state index is 4.09. The van der Waals surface area contributed by atoms with Crippen LogP contribution in [0.5, 0.6) is 0 Å². The van der Waals surface area contributed by atoms with Crippen LogP contribution in [-0.4, -0.2) is 12.3 Å². The monoisotopic (exact) mass is 156 g/mol. The third-order valence-corrected chi connectivity index (χ3v) is 1.37. The Morgan fingerprint density at radius 1 is 1.36 bits per heavy atom. The highest BCUT2D eigenvalue weighted by molar-refractivity contribution is 5.78. The first kappa shape index (κ1) is 10.5. The number of hydrazone groups is 1. The zero-order chi connectivity index (χ0) is 8.69. The van der Waals surface area contributed by atoms with E-state index in [9.17, 15) is 0 Å². The van der Waals surface area contributed by atoms with Crippen molar-refractivity contribution >= 4 is 5.71 Å². The summed E-state index contributed by atoms with van der Waals surface area (Å²) in [7, 11) is 0. The zero-order valence-electron chi connectivity index (χ0n) is 8.15. The minimum Gasteiger partial charge on any atom is -0.310 e. The van der Waals surface area contributed by atoms with E-state index in [2.05, 4.69) is 24.4 Å². The Bertz CT molecular complexity index is 113. The molecule has 0 atom stereocenters. The van der Waals surface area contributed by atoms with Crippen LogP contribution in [0.15, 0.2) is 5.10 Å². The molecule has 0 radical (unpaired) electrons. The van der Waals surface area contributed by atoms with Gasteiger partial charge in [0.25, 0.3) is 0 Å². The van der Waals surface area contributed by atoms with Crippen molar-refractivity contribution in [3.05, 3.63) is 0 Å². The number of hydrogen-bond acceptors (Lipinski definition) is 2. The van der Waals surface area contributed by atoms with Crippen molar-refractivity contribution < 1.29 is 0 Å². The fourth-order valence-electron chi connectivity index (χ4n) is 0.803. The van der Waals surface area contributed by atoms with E-state index in [4.69, 9.17) is 0 Å². The van der Waals surface area contributed by atoms with Gasteiger partial charge in [0.2, 0.25) is 0 Å². The maximum Gasteiger partial charge on any atom is 0.0329 e. The van der Waals surface area contributed by atoms with Crippen molar-refractivity contribution in [2.24, 2.45) is 11.0 Å². The van der Waals surface area contributed by atoms with Crippen LogP contribution in [0.4, 0.5) is 0 Å². The molecule has 0 aliphatic rings. The van der Waals surface area contributed by atoms with Crippen LogP contribution in [0, 0.1) is 5.92 Å². The lowest BCUT2D eigenvalue weighted by atomic mass is 10.1. The van der Waals surface area contributed by atoms with Crippen molar-refractivity contribution in [1.82, 2.24) is 5.43 Å². The molecule has 0 aromatic carbocycles. The molecule has 0 amide bonds. The molecule has 0 aliphatic heterocycles. The molecule has 2 nitrogen and oxygen atoms in total. The van der Waals surface area contributed by atoms with Crippen LogP contribution in [0.2, 0.25) is 0 Å². The Kier molecular flexibility index (Phi) is 5.90. The first-order chi connectivity index (χ1) is 5.13. The molecule has 0 saturated carbocycles. The molecule has 0 aliphatic carbocycles. The van der Waals surface area contributed by atoms with Gasteiger partial charge < -0.3 is 5.43 Å². The molecule has 66 valence electrons. The van der Waals surface area contributed by atoms with Gasteiger partial charge >= 0.3 is 0 Å².